The van der Waals surface area contributed by atoms with Gasteiger partial charge in [-0.3, -0.25) is 4.79 Å². The Labute approximate surface area is 168 Å². The maximum atomic E-state index is 12.7. The van der Waals surface area contributed by atoms with Crippen molar-refractivity contribution in [1.29, 1.82) is 0 Å². The number of hydrogen-bond donors (Lipinski definition) is 2. The van der Waals surface area contributed by atoms with Crippen molar-refractivity contribution in [1.82, 2.24) is 10.3 Å². The van der Waals surface area contributed by atoms with Gasteiger partial charge in [0, 0.05) is 25.6 Å². The zero-order valence-electron chi connectivity index (χ0n) is 16.1. The van der Waals surface area contributed by atoms with Crippen LogP contribution < -0.4 is 15.0 Å². The van der Waals surface area contributed by atoms with E-state index in [1.807, 2.05) is 12.1 Å². The van der Waals surface area contributed by atoms with E-state index in [1.165, 1.54) is 11.3 Å². The molecule has 2 heterocycles. The maximum Gasteiger partial charge on any atom is 0.280 e. The fraction of sp³-hybridized carbons (Fsp3) is 0.600. The first-order valence-electron chi connectivity index (χ1n) is 9.94. The minimum absolute atomic E-state index is 0.130. The molecule has 152 valence electrons. The van der Waals surface area contributed by atoms with Gasteiger partial charge in [0.15, 0.2) is 5.01 Å². The molecule has 2 N–H and O–H groups in total. The SMILES string of the molecule is COc1ccc(N2CCOCC2)c2sc(C(=O)NCC3CCCCC3O)nc12. The van der Waals surface area contributed by atoms with Crippen LogP contribution in [0, 0.1) is 5.92 Å². The zero-order valence-corrected chi connectivity index (χ0v) is 17.0. The quantitative estimate of drug-likeness (QED) is 0.795. The Morgan fingerprint density at radius 2 is 2.14 bits per heavy atom. The van der Waals surface area contributed by atoms with Crippen LogP contribution in [-0.4, -0.2) is 62.1 Å². The van der Waals surface area contributed by atoms with Crippen molar-refractivity contribution >= 4 is 33.1 Å². The summed E-state index contributed by atoms with van der Waals surface area (Å²) in [6.45, 7) is 3.52. The molecule has 1 amide bonds. The van der Waals surface area contributed by atoms with Gasteiger partial charge in [-0.25, -0.2) is 4.98 Å². The number of aliphatic hydroxyl groups excluding tert-OH is 1. The fourth-order valence-corrected chi connectivity index (χ4v) is 5.05. The van der Waals surface area contributed by atoms with E-state index in [0.717, 1.165) is 54.7 Å². The minimum atomic E-state index is -0.322. The highest BCUT2D eigenvalue weighted by molar-refractivity contribution is 7.21. The second-order valence-electron chi connectivity index (χ2n) is 7.41. The fourth-order valence-electron chi connectivity index (χ4n) is 4.01. The van der Waals surface area contributed by atoms with Crippen LogP contribution >= 0.6 is 11.3 Å². The highest BCUT2D eigenvalue weighted by Gasteiger charge is 2.25. The zero-order chi connectivity index (χ0) is 19.5. The Morgan fingerprint density at radius 1 is 1.36 bits per heavy atom. The van der Waals surface area contributed by atoms with E-state index >= 15 is 0 Å². The summed E-state index contributed by atoms with van der Waals surface area (Å²) in [5.74, 6) is 0.615. The number of thiazole rings is 1. The normalized spacial score (nSPS) is 23.0. The molecule has 1 aromatic heterocycles. The first kappa shape index (κ1) is 19.4. The molecule has 2 aromatic rings. The number of aliphatic hydroxyl groups is 1. The predicted octanol–water partition coefficient (Wildman–Crippen LogP) is 2.42. The maximum absolute atomic E-state index is 12.7. The van der Waals surface area contributed by atoms with Gasteiger partial charge < -0.3 is 24.8 Å². The van der Waals surface area contributed by atoms with Crippen LogP contribution in [0.5, 0.6) is 5.75 Å². The van der Waals surface area contributed by atoms with Crippen molar-refractivity contribution in [2.45, 2.75) is 31.8 Å². The third-order valence-corrected chi connectivity index (χ3v) is 6.72. The number of carbonyl (C=O) groups excluding carboxylic acids is 1. The summed E-state index contributed by atoms with van der Waals surface area (Å²) >= 11 is 1.39. The van der Waals surface area contributed by atoms with Crippen molar-refractivity contribution in [2.75, 3.05) is 44.9 Å². The van der Waals surface area contributed by atoms with Crippen LogP contribution in [-0.2, 0) is 4.74 Å². The van der Waals surface area contributed by atoms with Crippen LogP contribution in [0.4, 0.5) is 5.69 Å². The monoisotopic (exact) mass is 405 g/mol. The van der Waals surface area contributed by atoms with Crippen molar-refractivity contribution in [3.8, 4) is 5.75 Å². The Balaban J connectivity index is 1.56. The van der Waals surface area contributed by atoms with E-state index < -0.39 is 0 Å². The standard InChI is InChI=1S/C20H27N3O4S/c1-26-16-7-6-14(23-8-10-27-11-9-23)18-17(16)22-20(28-18)19(25)21-12-13-4-2-3-5-15(13)24/h6-7,13,15,24H,2-5,8-12H2,1H3,(H,21,25). The summed E-state index contributed by atoms with van der Waals surface area (Å²) in [6.07, 6.45) is 3.63. The Bertz CT molecular complexity index is 834. The molecule has 0 spiro atoms. The molecule has 2 fully saturated rings. The van der Waals surface area contributed by atoms with E-state index in [0.29, 0.717) is 30.5 Å². The first-order valence-corrected chi connectivity index (χ1v) is 10.8. The molecule has 1 aromatic carbocycles. The van der Waals surface area contributed by atoms with Crippen LogP contribution in [0.2, 0.25) is 0 Å². The molecule has 2 atom stereocenters. The molecule has 28 heavy (non-hydrogen) atoms. The van der Waals surface area contributed by atoms with Gasteiger partial charge in [0.25, 0.3) is 5.91 Å². The van der Waals surface area contributed by atoms with Gasteiger partial charge in [0.2, 0.25) is 0 Å². The molecule has 0 bridgehead atoms. The molecule has 1 aliphatic heterocycles. The number of carbonyl (C=O) groups is 1. The third-order valence-electron chi connectivity index (χ3n) is 5.65. The number of rotatable bonds is 5. The topological polar surface area (TPSA) is 83.9 Å². The Kier molecular flexibility index (Phi) is 5.99. The smallest absolute Gasteiger partial charge is 0.280 e. The van der Waals surface area contributed by atoms with Gasteiger partial charge in [0.1, 0.15) is 11.3 Å². The molecule has 0 radical (unpaired) electrons. The van der Waals surface area contributed by atoms with E-state index in [4.69, 9.17) is 9.47 Å². The molecule has 8 heteroatoms. The van der Waals surface area contributed by atoms with Gasteiger partial charge in [0.05, 0.1) is 36.8 Å². The summed E-state index contributed by atoms with van der Waals surface area (Å²) in [6, 6.07) is 3.94. The van der Waals surface area contributed by atoms with Crippen molar-refractivity contribution in [2.24, 2.45) is 5.92 Å². The van der Waals surface area contributed by atoms with Gasteiger partial charge in [-0.05, 0) is 25.0 Å². The number of fused-ring (bicyclic) bond motifs is 1. The summed E-state index contributed by atoms with van der Waals surface area (Å²) in [4.78, 5) is 19.6. The van der Waals surface area contributed by atoms with Crippen LogP contribution in [0.3, 0.4) is 0 Å². The molecule has 7 nitrogen and oxygen atoms in total. The molecule has 1 saturated carbocycles. The van der Waals surface area contributed by atoms with Crippen molar-refractivity contribution in [3.05, 3.63) is 17.1 Å². The minimum Gasteiger partial charge on any atom is -0.494 e. The van der Waals surface area contributed by atoms with Gasteiger partial charge in [-0.2, -0.15) is 0 Å². The molecule has 1 saturated heterocycles. The van der Waals surface area contributed by atoms with Gasteiger partial charge in [-0.1, -0.05) is 12.8 Å². The van der Waals surface area contributed by atoms with Crippen LogP contribution in [0.1, 0.15) is 35.5 Å². The number of aromatic nitrogens is 1. The lowest BCUT2D eigenvalue weighted by atomic mass is 9.86. The number of amides is 1. The van der Waals surface area contributed by atoms with Crippen LogP contribution in [0.15, 0.2) is 12.1 Å². The highest BCUT2D eigenvalue weighted by Crippen LogP contribution is 2.38. The second-order valence-corrected chi connectivity index (χ2v) is 8.40. The van der Waals surface area contributed by atoms with Gasteiger partial charge >= 0.3 is 0 Å². The average molecular weight is 406 g/mol. The second kappa shape index (κ2) is 8.63. The summed E-state index contributed by atoms with van der Waals surface area (Å²) in [7, 11) is 1.62. The number of morpholine rings is 1. The number of ether oxygens (including phenoxy) is 2. The number of anilines is 1. The van der Waals surface area contributed by atoms with E-state index in [2.05, 4.69) is 15.2 Å². The molecule has 2 unspecified atom stereocenters. The molecule has 1 aliphatic carbocycles. The molecular formula is C20H27N3O4S. The number of nitrogens with one attached hydrogen (secondary N) is 1. The Hall–Kier alpha value is -1.90. The summed E-state index contributed by atoms with van der Waals surface area (Å²) in [5.41, 5.74) is 1.79. The average Bonchev–Trinajstić information content (AvgIpc) is 3.18. The molecule has 2 aliphatic rings. The van der Waals surface area contributed by atoms with E-state index in [9.17, 15) is 9.90 Å². The first-order chi connectivity index (χ1) is 13.7. The molecular weight excluding hydrogens is 378 g/mol. The predicted molar refractivity (Wildman–Crippen MR) is 110 cm³/mol. The number of benzene rings is 1. The van der Waals surface area contributed by atoms with Gasteiger partial charge in [-0.15, -0.1) is 11.3 Å². The lowest BCUT2D eigenvalue weighted by Crippen LogP contribution is -2.36. The summed E-state index contributed by atoms with van der Waals surface area (Å²) < 4.78 is 11.9. The molecule has 4 rings (SSSR count). The number of hydrogen-bond acceptors (Lipinski definition) is 7. The largest absolute Gasteiger partial charge is 0.494 e. The van der Waals surface area contributed by atoms with Crippen molar-refractivity contribution < 1.29 is 19.4 Å². The van der Waals surface area contributed by atoms with E-state index in [1.54, 1.807) is 7.11 Å². The lowest BCUT2D eigenvalue weighted by molar-refractivity contribution is 0.0663. The highest BCUT2D eigenvalue weighted by atomic mass is 32.1. The summed E-state index contributed by atoms with van der Waals surface area (Å²) in [5, 5.41) is 13.5. The lowest BCUT2D eigenvalue weighted by Gasteiger charge is -2.29. The van der Waals surface area contributed by atoms with Crippen LogP contribution in [0.25, 0.3) is 10.2 Å². The van der Waals surface area contributed by atoms with Crippen molar-refractivity contribution in [3.63, 3.8) is 0 Å². The Morgan fingerprint density at radius 3 is 2.89 bits per heavy atom. The third kappa shape index (κ3) is 3.94. The van der Waals surface area contributed by atoms with E-state index in [-0.39, 0.29) is 17.9 Å². The number of nitrogens with zero attached hydrogens (tertiary/aromatic N) is 2. The number of methoxy groups -OCH3 is 1.